The third kappa shape index (κ3) is 4.27. The van der Waals surface area contributed by atoms with Gasteiger partial charge in [0.1, 0.15) is 0 Å². The lowest BCUT2D eigenvalue weighted by atomic mass is 9.92. The van der Waals surface area contributed by atoms with Crippen molar-refractivity contribution in [1.82, 2.24) is 5.32 Å². The number of nitrogens with one attached hydrogen (secondary N) is 2. The minimum absolute atomic E-state index is 0.0468. The number of amides is 1. The molecule has 104 valence electrons. The number of fused-ring (bicyclic) bond motifs is 1. The van der Waals surface area contributed by atoms with Crippen LogP contribution in [0.3, 0.4) is 0 Å². The zero-order valence-corrected chi connectivity index (χ0v) is 12.1. The summed E-state index contributed by atoms with van der Waals surface area (Å²) in [6, 6.07) is 8.60. The van der Waals surface area contributed by atoms with Gasteiger partial charge in [-0.15, -0.1) is 0 Å². The number of benzene rings is 1. The molecule has 0 aliphatic carbocycles. The van der Waals surface area contributed by atoms with E-state index in [1.54, 1.807) is 0 Å². The molecule has 3 heteroatoms. The fourth-order valence-electron chi connectivity index (χ4n) is 2.46. The van der Waals surface area contributed by atoms with Gasteiger partial charge in [-0.1, -0.05) is 39.0 Å². The number of para-hydroxylation sites is 1. The Morgan fingerprint density at radius 1 is 1.37 bits per heavy atom. The van der Waals surface area contributed by atoms with Crippen molar-refractivity contribution in [3.8, 4) is 0 Å². The van der Waals surface area contributed by atoms with Crippen molar-refractivity contribution in [3.05, 3.63) is 29.8 Å². The molecule has 1 heterocycles. The second-order valence-electron chi connectivity index (χ2n) is 6.58. The zero-order valence-electron chi connectivity index (χ0n) is 12.1. The van der Waals surface area contributed by atoms with Gasteiger partial charge in [-0.2, -0.15) is 0 Å². The van der Waals surface area contributed by atoms with Crippen molar-refractivity contribution in [2.75, 3.05) is 11.9 Å². The van der Waals surface area contributed by atoms with Crippen LogP contribution < -0.4 is 10.6 Å². The lowest BCUT2D eigenvalue weighted by Crippen LogP contribution is -2.40. The van der Waals surface area contributed by atoms with Crippen LogP contribution in [0.25, 0.3) is 0 Å². The van der Waals surface area contributed by atoms with E-state index < -0.39 is 0 Å². The molecule has 1 atom stereocenters. The zero-order chi connectivity index (χ0) is 13.9. The van der Waals surface area contributed by atoms with Gasteiger partial charge >= 0.3 is 0 Å². The normalized spacial score (nSPS) is 19.0. The van der Waals surface area contributed by atoms with Gasteiger partial charge in [0.15, 0.2) is 0 Å². The summed E-state index contributed by atoms with van der Waals surface area (Å²) in [7, 11) is 0. The summed E-state index contributed by atoms with van der Waals surface area (Å²) in [5.74, 6) is 0.158. The lowest BCUT2D eigenvalue weighted by Gasteiger charge is -2.21. The second kappa shape index (κ2) is 5.64. The molecular formula is C16H24N2O. The highest BCUT2D eigenvalue weighted by molar-refractivity contribution is 5.77. The van der Waals surface area contributed by atoms with Crippen LogP contribution in [0, 0.1) is 5.41 Å². The van der Waals surface area contributed by atoms with E-state index >= 15 is 0 Å². The molecule has 1 aromatic carbocycles. The highest BCUT2D eigenvalue weighted by Gasteiger charge is 2.20. The van der Waals surface area contributed by atoms with E-state index in [2.05, 4.69) is 49.6 Å². The highest BCUT2D eigenvalue weighted by Crippen LogP contribution is 2.22. The molecule has 3 nitrogen and oxygen atoms in total. The molecule has 0 saturated heterocycles. The summed E-state index contributed by atoms with van der Waals surface area (Å²) in [5, 5.41) is 6.58. The van der Waals surface area contributed by atoms with E-state index in [1.807, 2.05) is 6.07 Å². The molecule has 0 aromatic heterocycles. The number of rotatable bonds is 2. The van der Waals surface area contributed by atoms with E-state index in [9.17, 15) is 4.79 Å². The lowest BCUT2D eigenvalue weighted by molar-refractivity contribution is -0.123. The number of hydrogen-bond acceptors (Lipinski definition) is 2. The van der Waals surface area contributed by atoms with Crippen LogP contribution in [-0.2, 0) is 11.2 Å². The Balaban J connectivity index is 1.90. The van der Waals surface area contributed by atoms with Crippen molar-refractivity contribution in [2.45, 2.75) is 46.1 Å². The number of carbonyl (C=O) groups is 1. The predicted octanol–water partition coefficient (Wildman–Crippen LogP) is 2.97. The molecule has 1 aliphatic heterocycles. The quantitative estimate of drug-likeness (QED) is 0.858. The summed E-state index contributed by atoms with van der Waals surface area (Å²) in [5.41, 5.74) is 2.59. The van der Waals surface area contributed by atoms with Gasteiger partial charge in [0.2, 0.25) is 5.91 Å². The molecule has 1 amide bonds. The first-order valence-corrected chi connectivity index (χ1v) is 7.05. The Bertz CT molecular complexity index is 421. The van der Waals surface area contributed by atoms with Crippen LogP contribution in [0.5, 0.6) is 0 Å². The standard InChI is InChI=1S/C16H24N2O/c1-16(2,3)10-15(19)18-13-9-8-12-6-4-5-7-14(12)17-11-13/h4-7,13,17H,8-11H2,1-3H3,(H,18,19). The van der Waals surface area contributed by atoms with Crippen molar-refractivity contribution in [1.29, 1.82) is 0 Å². The van der Waals surface area contributed by atoms with Crippen molar-refractivity contribution < 1.29 is 4.79 Å². The molecule has 0 bridgehead atoms. The Labute approximate surface area is 115 Å². The molecule has 0 spiro atoms. The maximum atomic E-state index is 12.0. The number of aryl methyl sites for hydroxylation is 1. The van der Waals surface area contributed by atoms with Gasteiger partial charge in [-0.3, -0.25) is 4.79 Å². The van der Waals surface area contributed by atoms with Crippen molar-refractivity contribution in [3.63, 3.8) is 0 Å². The molecule has 2 N–H and O–H groups in total. The molecule has 1 unspecified atom stereocenters. The minimum Gasteiger partial charge on any atom is -0.383 e. The summed E-state index contributed by atoms with van der Waals surface area (Å²) < 4.78 is 0. The van der Waals surface area contributed by atoms with Gasteiger partial charge in [-0.25, -0.2) is 0 Å². The average Bonchev–Trinajstić information content (AvgIpc) is 2.50. The third-order valence-electron chi connectivity index (χ3n) is 3.37. The van der Waals surface area contributed by atoms with Gasteiger partial charge in [0.25, 0.3) is 0 Å². The fourth-order valence-corrected chi connectivity index (χ4v) is 2.46. The first kappa shape index (κ1) is 13.9. The summed E-state index contributed by atoms with van der Waals surface area (Å²) in [6.07, 6.45) is 2.60. The predicted molar refractivity (Wildman–Crippen MR) is 79.3 cm³/mol. The first-order valence-electron chi connectivity index (χ1n) is 7.05. The van der Waals surface area contributed by atoms with E-state index in [-0.39, 0.29) is 17.4 Å². The number of hydrogen-bond donors (Lipinski definition) is 2. The fraction of sp³-hybridized carbons (Fsp3) is 0.562. The monoisotopic (exact) mass is 260 g/mol. The maximum absolute atomic E-state index is 12.0. The molecule has 19 heavy (non-hydrogen) atoms. The van der Waals surface area contributed by atoms with Gasteiger partial charge in [-0.05, 0) is 29.9 Å². The molecule has 0 fully saturated rings. The van der Waals surface area contributed by atoms with E-state index in [0.29, 0.717) is 6.42 Å². The van der Waals surface area contributed by atoms with Crippen LogP contribution in [-0.4, -0.2) is 18.5 Å². The maximum Gasteiger partial charge on any atom is 0.220 e. The molecule has 2 rings (SSSR count). The topological polar surface area (TPSA) is 41.1 Å². The second-order valence-corrected chi connectivity index (χ2v) is 6.58. The Morgan fingerprint density at radius 2 is 2.11 bits per heavy atom. The summed E-state index contributed by atoms with van der Waals surface area (Å²) in [4.78, 5) is 12.0. The van der Waals surface area contributed by atoms with E-state index in [1.165, 1.54) is 11.3 Å². The van der Waals surface area contributed by atoms with Gasteiger partial charge in [0, 0.05) is 24.7 Å². The SMILES string of the molecule is CC(C)(C)CC(=O)NC1CCc2ccccc2NC1. The van der Waals surface area contributed by atoms with Gasteiger partial charge in [0.05, 0.1) is 0 Å². The number of carbonyl (C=O) groups excluding carboxylic acids is 1. The molecule has 0 saturated carbocycles. The van der Waals surface area contributed by atoms with Crippen LogP contribution >= 0.6 is 0 Å². The molecule has 1 aromatic rings. The molecular weight excluding hydrogens is 236 g/mol. The summed E-state index contributed by atoms with van der Waals surface area (Å²) in [6.45, 7) is 7.09. The Hall–Kier alpha value is -1.51. The van der Waals surface area contributed by atoms with Crippen LogP contribution in [0.15, 0.2) is 24.3 Å². The van der Waals surface area contributed by atoms with Crippen LogP contribution in [0.4, 0.5) is 5.69 Å². The largest absolute Gasteiger partial charge is 0.383 e. The van der Waals surface area contributed by atoms with Crippen LogP contribution in [0.2, 0.25) is 0 Å². The average molecular weight is 260 g/mol. The Kier molecular flexibility index (Phi) is 4.13. The number of anilines is 1. The van der Waals surface area contributed by atoms with Crippen molar-refractivity contribution >= 4 is 11.6 Å². The van der Waals surface area contributed by atoms with Crippen LogP contribution in [0.1, 0.15) is 39.2 Å². The molecule has 0 radical (unpaired) electrons. The molecule has 1 aliphatic rings. The Morgan fingerprint density at radius 3 is 2.84 bits per heavy atom. The summed E-state index contributed by atoms with van der Waals surface area (Å²) >= 11 is 0. The first-order chi connectivity index (χ1) is 8.94. The third-order valence-corrected chi connectivity index (χ3v) is 3.37. The highest BCUT2D eigenvalue weighted by atomic mass is 16.1. The smallest absolute Gasteiger partial charge is 0.220 e. The van der Waals surface area contributed by atoms with Crippen molar-refractivity contribution in [2.24, 2.45) is 5.41 Å². The van der Waals surface area contributed by atoms with Gasteiger partial charge < -0.3 is 10.6 Å². The minimum atomic E-state index is 0.0468. The van der Waals surface area contributed by atoms with E-state index in [4.69, 9.17) is 0 Å². The van der Waals surface area contributed by atoms with E-state index in [0.717, 1.165) is 19.4 Å².